The van der Waals surface area contributed by atoms with Gasteiger partial charge in [0.2, 0.25) is 0 Å². The Balaban J connectivity index is 2.26. The van der Waals surface area contributed by atoms with Gasteiger partial charge in [0, 0.05) is 0 Å². The Morgan fingerprint density at radius 3 is 2.92 bits per heavy atom. The molecular formula is C10H11ClO. The Hall–Kier alpha value is -0.690. The van der Waals surface area contributed by atoms with Gasteiger partial charge >= 0.3 is 0 Å². The van der Waals surface area contributed by atoms with Crippen molar-refractivity contribution in [1.29, 1.82) is 0 Å². The Morgan fingerprint density at radius 2 is 2.08 bits per heavy atom. The second kappa shape index (κ2) is 3.36. The SMILES string of the molecule is ClCOc1ccc2c(c1)CCC2. The third kappa shape index (κ3) is 1.42. The van der Waals surface area contributed by atoms with Crippen molar-refractivity contribution in [2.24, 2.45) is 0 Å². The smallest absolute Gasteiger partial charge is 0.162 e. The lowest BCUT2D eigenvalue weighted by molar-refractivity contribution is 0.387. The first kappa shape index (κ1) is 7.93. The zero-order chi connectivity index (χ0) is 8.39. The minimum absolute atomic E-state index is 0.235. The van der Waals surface area contributed by atoms with Crippen molar-refractivity contribution in [1.82, 2.24) is 0 Å². The van der Waals surface area contributed by atoms with Crippen molar-refractivity contribution in [2.75, 3.05) is 6.07 Å². The first-order valence-corrected chi connectivity index (χ1v) is 4.74. The van der Waals surface area contributed by atoms with E-state index < -0.39 is 0 Å². The maximum absolute atomic E-state index is 5.46. The average molecular weight is 183 g/mol. The van der Waals surface area contributed by atoms with Crippen LogP contribution in [0.1, 0.15) is 17.5 Å². The van der Waals surface area contributed by atoms with Crippen LogP contribution in [0, 0.1) is 0 Å². The maximum Gasteiger partial charge on any atom is 0.162 e. The third-order valence-corrected chi connectivity index (χ3v) is 2.40. The minimum Gasteiger partial charge on any atom is -0.478 e. The number of alkyl halides is 1. The molecule has 0 aliphatic heterocycles. The summed E-state index contributed by atoms with van der Waals surface area (Å²) in [6, 6.07) is 6.47. The van der Waals surface area contributed by atoms with Gasteiger partial charge in [-0.3, -0.25) is 0 Å². The van der Waals surface area contributed by atoms with Gasteiger partial charge in [0.15, 0.2) is 6.07 Å². The second-order valence-electron chi connectivity index (χ2n) is 3.04. The topological polar surface area (TPSA) is 9.23 Å². The van der Waals surface area contributed by atoms with Crippen LogP contribution in [-0.4, -0.2) is 6.07 Å². The largest absolute Gasteiger partial charge is 0.478 e. The van der Waals surface area contributed by atoms with E-state index in [1.165, 1.54) is 30.4 Å². The van der Waals surface area contributed by atoms with E-state index >= 15 is 0 Å². The fourth-order valence-electron chi connectivity index (χ4n) is 1.70. The van der Waals surface area contributed by atoms with E-state index in [4.69, 9.17) is 16.3 Å². The van der Waals surface area contributed by atoms with Crippen LogP contribution in [-0.2, 0) is 12.8 Å². The van der Waals surface area contributed by atoms with Gasteiger partial charge in [0.05, 0.1) is 0 Å². The summed E-state index contributed by atoms with van der Waals surface area (Å²) in [4.78, 5) is 0. The molecule has 0 spiro atoms. The van der Waals surface area contributed by atoms with E-state index in [0.29, 0.717) is 0 Å². The maximum atomic E-state index is 5.46. The molecule has 12 heavy (non-hydrogen) atoms. The summed E-state index contributed by atoms with van der Waals surface area (Å²) in [6.45, 7) is 0. The van der Waals surface area contributed by atoms with Crippen LogP contribution in [0.25, 0.3) is 0 Å². The lowest BCUT2D eigenvalue weighted by Crippen LogP contribution is -1.90. The van der Waals surface area contributed by atoms with Gasteiger partial charge in [-0.25, -0.2) is 0 Å². The molecule has 1 aromatic carbocycles. The summed E-state index contributed by atoms with van der Waals surface area (Å²) in [5.74, 6) is 0.894. The number of hydrogen-bond acceptors (Lipinski definition) is 1. The molecule has 0 atom stereocenters. The molecule has 0 saturated carbocycles. The summed E-state index contributed by atoms with van der Waals surface area (Å²) < 4.78 is 5.20. The number of rotatable bonds is 2. The highest BCUT2D eigenvalue weighted by Gasteiger charge is 2.10. The third-order valence-electron chi connectivity index (χ3n) is 2.29. The fourth-order valence-corrected chi connectivity index (χ4v) is 1.83. The lowest BCUT2D eigenvalue weighted by atomic mass is 10.1. The van der Waals surface area contributed by atoms with Crippen molar-refractivity contribution in [3.63, 3.8) is 0 Å². The zero-order valence-corrected chi connectivity index (χ0v) is 7.60. The Labute approximate surface area is 77.3 Å². The molecule has 0 aromatic heterocycles. The van der Waals surface area contributed by atoms with Gasteiger partial charge < -0.3 is 4.74 Å². The Kier molecular flexibility index (Phi) is 2.22. The summed E-state index contributed by atoms with van der Waals surface area (Å²) in [5, 5.41) is 0. The van der Waals surface area contributed by atoms with Crippen molar-refractivity contribution in [3.05, 3.63) is 29.3 Å². The van der Waals surface area contributed by atoms with Crippen molar-refractivity contribution in [2.45, 2.75) is 19.3 Å². The first-order valence-electron chi connectivity index (χ1n) is 4.21. The predicted molar refractivity (Wildman–Crippen MR) is 49.8 cm³/mol. The number of aryl methyl sites for hydroxylation is 2. The molecule has 0 fully saturated rings. The van der Waals surface area contributed by atoms with Crippen LogP contribution in [0.2, 0.25) is 0 Å². The normalized spacial score (nSPS) is 14.4. The van der Waals surface area contributed by atoms with Crippen LogP contribution < -0.4 is 4.74 Å². The standard InChI is InChI=1S/C10H11ClO/c11-7-12-10-5-4-8-2-1-3-9(8)6-10/h4-6H,1-3,7H2. The minimum atomic E-state index is 0.235. The molecule has 0 N–H and O–H groups in total. The molecule has 1 nitrogen and oxygen atoms in total. The summed E-state index contributed by atoms with van der Waals surface area (Å²) in [5.41, 5.74) is 2.90. The molecule has 0 saturated heterocycles. The highest BCUT2D eigenvalue weighted by molar-refractivity contribution is 6.17. The quantitative estimate of drug-likeness (QED) is 0.640. The number of benzene rings is 1. The molecule has 0 radical (unpaired) electrons. The molecule has 0 unspecified atom stereocenters. The van der Waals surface area contributed by atoms with E-state index in [1.54, 1.807) is 0 Å². The first-order chi connectivity index (χ1) is 5.90. The van der Waals surface area contributed by atoms with Gasteiger partial charge in [0.25, 0.3) is 0 Å². The molecule has 1 aromatic rings. The van der Waals surface area contributed by atoms with Gasteiger partial charge in [-0.1, -0.05) is 17.7 Å². The highest BCUT2D eigenvalue weighted by atomic mass is 35.5. The molecule has 1 aliphatic carbocycles. The van der Waals surface area contributed by atoms with Crippen LogP contribution in [0.15, 0.2) is 18.2 Å². The molecule has 0 heterocycles. The monoisotopic (exact) mass is 182 g/mol. The number of ether oxygens (including phenoxy) is 1. The Bertz CT molecular complexity index is 283. The molecule has 0 bridgehead atoms. The van der Waals surface area contributed by atoms with Gasteiger partial charge in [0.1, 0.15) is 5.75 Å². The summed E-state index contributed by atoms with van der Waals surface area (Å²) in [7, 11) is 0. The molecular weight excluding hydrogens is 172 g/mol. The van der Waals surface area contributed by atoms with Crippen LogP contribution in [0.5, 0.6) is 5.75 Å². The number of hydrogen-bond donors (Lipinski definition) is 0. The summed E-state index contributed by atoms with van der Waals surface area (Å²) >= 11 is 5.46. The van der Waals surface area contributed by atoms with Crippen molar-refractivity contribution >= 4 is 11.6 Å². The van der Waals surface area contributed by atoms with Crippen molar-refractivity contribution in [3.8, 4) is 5.75 Å². The van der Waals surface area contributed by atoms with Gasteiger partial charge in [-0.15, -0.1) is 0 Å². The predicted octanol–water partition coefficient (Wildman–Crippen LogP) is 2.75. The van der Waals surface area contributed by atoms with E-state index in [0.717, 1.165) is 5.75 Å². The van der Waals surface area contributed by atoms with Gasteiger partial charge in [-0.2, -0.15) is 0 Å². The zero-order valence-electron chi connectivity index (χ0n) is 6.85. The van der Waals surface area contributed by atoms with E-state index in [1.807, 2.05) is 6.07 Å². The molecule has 2 heteroatoms. The number of halogens is 1. The summed E-state index contributed by atoms with van der Waals surface area (Å²) in [6.07, 6.45) is 3.69. The van der Waals surface area contributed by atoms with Crippen LogP contribution in [0.3, 0.4) is 0 Å². The van der Waals surface area contributed by atoms with E-state index in [9.17, 15) is 0 Å². The molecule has 0 amide bonds. The van der Waals surface area contributed by atoms with Gasteiger partial charge in [-0.05, 0) is 42.5 Å². The van der Waals surface area contributed by atoms with Crippen LogP contribution in [0.4, 0.5) is 0 Å². The average Bonchev–Trinajstić information content (AvgIpc) is 2.51. The van der Waals surface area contributed by atoms with E-state index in [-0.39, 0.29) is 6.07 Å². The highest BCUT2D eigenvalue weighted by Crippen LogP contribution is 2.25. The Morgan fingerprint density at radius 1 is 1.25 bits per heavy atom. The second-order valence-corrected chi connectivity index (χ2v) is 3.26. The van der Waals surface area contributed by atoms with E-state index in [2.05, 4.69) is 12.1 Å². The molecule has 1 aliphatic rings. The van der Waals surface area contributed by atoms with Crippen molar-refractivity contribution < 1.29 is 4.74 Å². The number of fused-ring (bicyclic) bond motifs is 1. The molecule has 64 valence electrons. The molecule has 2 rings (SSSR count). The lowest BCUT2D eigenvalue weighted by Gasteiger charge is -2.03. The fraction of sp³-hybridized carbons (Fsp3) is 0.400. The van der Waals surface area contributed by atoms with Crippen LogP contribution >= 0.6 is 11.6 Å².